The van der Waals surface area contributed by atoms with Crippen LogP contribution in [0.25, 0.3) is 22.0 Å². The number of amides is 1. The predicted molar refractivity (Wildman–Crippen MR) is 110 cm³/mol. The van der Waals surface area contributed by atoms with Gasteiger partial charge in [-0.25, -0.2) is 4.98 Å². The summed E-state index contributed by atoms with van der Waals surface area (Å²) in [5.41, 5.74) is 3.03. The van der Waals surface area contributed by atoms with Gasteiger partial charge in [0.05, 0.1) is 5.69 Å². The lowest BCUT2D eigenvalue weighted by Gasteiger charge is -2.06. The molecule has 0 atom stereocenters. The van der Waals surface area contributed by atoms with Crippen LogP contribution in [0.3, 0.4) is 0 Å². The summed E-state index contributed by atoms with van der Waals surface area (Å²) in [6, 6.07) is 22.0. The molecule has 0 radical (unpaired) electrons. The average molecular weight is 374 g/mol. The molecule has 4 nitrogen and oxygen atoms in total. The largest absolute Gasteiger partial charge is 0.484 e. The Labute approximate surface area is 161 Å². The first-order valence-corrected chi connectivity index (χ1v) is 9.49. The Balaban J connectivity index is 1.41. The molecule has 134 valence electrons. The van der Waals surface area contributed by atoms with Crippen LogP contribution in [-0.4, -0.2) is 17.5 Å². The maximum atomic E-state index is 12.1. The van der Waals surface area contributed by atoms with E-state index in [0.29, 0.717) is 10.9 Å². The molecular formula is C22H18N2O2S. The summed E-state index contributed by atoms with van der Waals surface area (Å²) < 4.78 is 5.50. The number of fused-ring (bicyclic) bond motifs is 1. The van der Waals surface area contributed by atoms with Crippen LogP contribution in [0, 0.1) is 6.92 Å². The molecule has 1 heterocycles. The molecule has 4 rings (SSSR count). The van der Waals surface area contributed by atoms with E-state index in [1.54, 1.807) is 0 Å². The Hall–Kier alpha value is -3.18. The number of nitrogens with zero attached hydrogens (tertiary/aromatic N) is 1. The fourth-order valence-corrected chi connectivity index (χ4v) is 3.49. The number of carbonyl (C=O) groups is 1. The highest BCUT2D eigenvalue weighted by Gasteiger charge is 2.09. The quantitative estimate of drug-likeness (QED) is 0.516. The van der Waals surface area contributed by atoms with Gasteiger partial charge in [0, 0.05) is 10.9 Å². The first-order valence-electron chi connectivity index (χ1n) is 8.61. The van der Waals surface area contributed by atoms with Gasteiger partial charge in [-0.05, 0) is 35.9 Å². The molecule has 4 aromatic rings. The van der Waals surface area contributed by atoms with E-state index < -0.39 is 0 Å². The standard InChI is InChI=1S/C22H18N2O2S/c1-15-6-10-19(11-7-15)26-13-21(25)24-22-23-20(14-27-22)18-9-8-16-4-2-3-5-17(16)12-18/h2-12,14H,13H2,1H3,(H,23,24,25). The number of anilines is 1. The smallest absolute Gasteiger partial charge is 0.264 e. The van der Waals surface area contributed by atoms with Crippen LogP contribution in [0.1, 0.15) is 5.56 Å². The molecule has 0 saturated heterocycles. The van der Waals surface area contributed by atoms with Crippen LogP contribution in [0.5, 0.6) is 5.75 Å². The first-order chi connectivity index (χ1) is 13.2. The van der Waals surface area contributed by atoms with Crippen LogP contribution in [0.4, 0.5) is 5.13 Å². The second-order valence-electron chi connectivity index (χ2n) is 6.25. The highest BCUT2D eigenvalue weighted by Crippen LogP contribution is 2.27. The summed E-state index contributed by atoms with van der Waals surface area (Å²) in [7, 11) is 0. The van der Waals surface area contributed by atoms with E-state index in [0.717, 1.165) is 16.8 Å². The number of benzene rings is 3. The molecule has 27 heavy (non-hydrogen) atoms. The lowest BCUT2D eigenvalue weighted by atomic mass is 10.1. The molecule has 0 saturated carbocycles. The monoisotopic (exact) mass is 374 g/mol. The number of hydrogen-bond donors (Lipinski definition) is 1. The van der Waals surface area contributed by atoms with Crippen molar-refractivity contribution in [1.82, 2.24) is 4.98 Å². The molecule has 1 N–H and O–H groups in total. The lowest BCUT2D eigenvalue weighted by Crippen LogP contribution is -2.20. The van der Waals surface area contributed by atoms with Gasteiger partial charge in [-0.15, -0.1) is 11.3 Å². The van der Waals surface area contributed by atoms with E-state index in [4.69, 9.17) is 4.74 Å². The van der Waals surface area contributed by atoms with Crippen molar-refractivity contribution in [2.75, 3.05) is 11.9 Å². The second-order valence-corrected chi connectivity index (χ2v) is 7.11. The van der Waals surface area contributed by atoms with Crippen molar-refractivity contribution in [3.63, 3.8) is 0 Å². The third-order valence-electron chi connectivity index (χ3n) is 4.19. The SMILES string of the molecule is Cc1ccc(OCC(=O)Nc2nc(-c3ccc4ccccc4c3)cs2)cc1. The van der Waals surface area contributed by atoms with Crippen molar-refractivity contribution in [1.29, 1.82) is 0 Å². The zero-order chi connectivity index (χ0) is 18.6. The van der Waals surface area contributed by atoms with Gasteiger partial charge < -0.3 is 4.74 Å². The fraction of sp³-hybridized carbons (Fsp3) is 0.0909. The minimum atomic E-state index is -0.227. The van der Waals surface area contributed by atoms with E-state index in [-0.39, 0.29) is 12.5 Å². The van der Waals surface area contributed by atoms with Gasteiger partial charge >= 0.3 is 0 Å². The van der Waals surface area contributed by atoms with Gasteiger partial charge in [0.25, 0.3) is 5.91 Å². The number of aryl methyl sites for hydroxylation is 1. The van der Waals surface area contributed by atoms with Crippen LogP contribution in [-0.2, 0) is 4.79 Å². The average Bonchev–Trinajstić information content (AvgIpc) is 3.15. The number of thiazole rings is 1. The minimum absolute atomic E-state index is 0.0477. The highest BCUT2D eigenvalue weighted by atomic mass is 32.1. The molecule has 1 aromatic heterocycles. The zero-order valence-corrected chi connectivity index (χ0v) is 15.6. The van der Waals surface area contributed by atoms with Crippen molar-refractivity contribution in [3.8, 4) is 17.0 Å². The summed E-state index contributed by atoms with van der Waals surface area (Å²) in [6.07, 6.45) is 0. The molecule has 0 aliphatic carbocycles. The van der Waals surface area contributed by atoms with E-state index in [2.05, 4.69) is 34.6 Å². The summed E-state index contributed by atoms with van der Waals surface area (Å²) in [5, 5.41) is 7.66. The maximum absolute atomic E-state index is 12.1. The normalized spacial score (nSPS) is 10.7. The number of nitrogens with one attached hydrogen (secondary N) is 1. The number of rotatable bonds is 5. The van der Waals surface area contributed by atoms with Crippen molar-refractivity contribution in [2.45, 2.75) is 6.92 Å². The van der Waals surface area contributed by atoms with Crippen LogP contribution < -0.4 is 10.1 Å². The van der Waals surface area contributed by atoms with Gasteiger partial charge in [0.15, 0.2) is 11.7 Å². The Morgan fingerprint density at radius 2 is 1.81 bits per heavy atom. The summed E-state index contributed by atoms with van der Waals surface area (Å²) in [4.78, 5) is 16.6. The molecule has 3 aromatic carbocycles. The van der Waals surface area contributed by atoms with Crippen molar-refractivity contribution >= 4 is 33.1 Å². The van der Waals surface area contributed by atoms with Gasteiger partial charge in [-0.2, -0.15) is 0 Å². The topological polar surface area (TPSA) is 51.2 Å². The Kier molecular flexibility index (Phi) is 4.85. The third-order valence-corrected chi connectivity index (χ3v) is 4.94. The molecule has 0 unspecified atom stereocenters. The van der Waals surface area contributed by atoms with Crippen molar-refractivity contribution in [2.24, 2.45) is 0 Å². The molecule has 0 aliphatic heterocycles. The summed E-state index contributed by atoms with van der Waals surface area (Å²) in [5.74, 6) is 0.446. The Morgan fingerprint density at radius 3 is 2.63 bits per heavy atom. The van der Waals surface area contributed by atoms with Gasteiger partial charge in [-0.1, -0.05) is 54.1 Å². The number of ether oxygens (including phenoxy) is 1. The lowest BCUT2D eigenvalue weighted by molar-refractivity contribution is -0.118. The van der Waals surface area contributed by atoms with E-state index in [1.807, 2.05) is 54.8 Å². The second kappa shape index (κ2) is 7.60. The van der Waals surface area contributed by atoms with E-state index in [1.165, 1.54) is 22.1 Å². The van der Waals surface area contributed by atoms with Gasteiger partial charge in [0.1, 0.15) is 5.75 Å². The van der Waals surface area contributed by atoms with Crippen molar-refractivity contribution in [3.05, 3.63) is 77.7 Å². The molecular weight excluding hydrogens is 356 g/mol. The number of hydrogen-bond acceptors (Lipinski definition) is 4. The van der Waals surface area contributed by atoms with Crippen molar-refractivity contribution < 1.29 is 9.53 Å². The Morgan fingerprint density at radius 1 is 1.04 bits per heavy atom. The Bertz CT molecular complexity index is 1090. The number of aromatic nitrogens is 1. The van der Waals surface area contributed by atoms with E-state index in [9.17, 15) is 4.79 Å². The van der Waals surface area contributed by atoms with Gasteiger partial charge in [-0.3, -0.25) is 10.1 Å². The van der Waals surface area contributed by atoms with Gasteiger partial charge in [0.2, 0.25) is 0 Å². The molecule has 0 spiro atoms. The molecule has 0 aliphatic rings. The predicted octanol–water partition coefficient (Wildman–Crippen LogP) is 5.29. The maximum Gasteiger partial charge on any atom is 0.264 e. The number of carbonyl (C=O) groups excluding carboxylic acids is 1. The molecule has 0 fully saturated rings. The summed E-state index contributed by atoms with van der Waals surface area (Å²) >= 11 is 1.40. The summed E-state index contributed by atoms with van der Waals surface area (Å²) in [6.45, 7) is 1.96. The third kappa shape index (κ3) is 4.15. The zero-order valence-electron chi connectivity index (χ0n) is 14.8. The molecule has 0 bridgehead atoms. The highest BCUT2D eigenvalue weighted by molar-refractivity contribution is 7.14. The molecule has 5 heteroatoms. The molecule has 1 amide bonds. The van der Waals surface area contributed by atoms with E-state index >= 15 is 0 Å². The van der Waals surface area contributed by atoms with Crippen LogP contribution in [0.2, 0.25) is 0 Å². The fourth-order valence-electron chi connectivity index (χ4n) is 2.75. The minimum Gasteiger partial charge on any atom is -0.484 e. The van der Waals surface area contributed by atoms with Crippen LogP contribution >= 0.6 is 11.3 Å². The van der Waals surface area contributed by atoms with Crippen LogP contribution in [0.15, 0.2) is 72.1 Å². The first kappa shape index (κ1) is 17.2.